The van der Waals surface area contributed by atoms with Crippen LogP contribution in [0.1, 0.15) is 44.4 Å². The minimum absolute atomic E-state index is 0.245. The zero-order valence-electron chi connectivity index (χ0n) is 10.4. The SMILES string of the molecule is CCC1NCCc2ccc(OC(C)C)cc21. The summed E-state index contributed by atoms with van der Waals surface area (Å²) in [6.07, 6.45) is 2.51. The number of hydrogen-bond donors (Lipinski definition) is 1. The second-order valence-electron chi connectivity index (χ2n) is 4.69. The van der Waals surface area contributed by atoms with E-state index in [9.17, 15) is 0 Å². The maximum absolute atomic E-state index is 5.75. The first-order chi connectivity index (χ1) is 7.70. The Kier molecular flexibility index (Phi) is 3.49. The molecule has 1 aliphatic rings. The third kappa shape index (κ3) is 2.38. The van der Waals surface area contributed by atoms with E-state index in [2.05, 4.69) is 44.3 Å². The molecule has 1 aliphatic heterocycles. The summed E-state index contributed by atoms with van der Waals surface area (Å²) in [5.74, 6) is 0.996. The number of ether oxygens (including phenoxy) is 1. The van der Waals surface area contributed by atoms with E-state index in [1.165, 1.54) is 11.1 Å². The van der Waals surface area contributed by atoms with Gasteiger partial charge < -0.3 is 10.1 Å². The highest BCUT2D eigenvalue weighted by molar-refractivity contribution is 5.39. The summed E-state index contributed by atoms with van der Waals surface area (Å²) in [6.45, 7) is 7.45. The Morgan fingerprint density at radius 2 is 2.25 bits per heavy atom. The molecule has 1 N–H and O–H groups in total. The lowest BCUT2D eigenvalue weighted by Crippen LogP contribution is -2.29. The van der Waals surface area contributed by atoms with E-state index in [-0.39, 0.29) is 6.10 Å². The van der Waals surface area contributed by atoms with Crippen LogP contribution >= 0.6 is 0 Å². The Balaban J connectivity index is 2.27. The summed E-state index contributed by atoms with van der Waals surface area (Å²) in [6, 6.07) is 7.02. The summed E-state index contributed by atoms with van der Waals surface area (Å²) >= 11 is 0. The van der Waals surface area contributed by atoms with Crippen molar-refractivity contribution in [3.63, 3.8) is 0 Å². The van der Waals surface area contributed by atoms with Crippen LogP contribution in [-0.4, -0.2) is 12.6 Å². The van der Waals surface area contributed by atoms with Crippen molar-refractivity contribution in [1.82, 2.24) is 5.32 Å². The average molecular weight is 219 g/mol. The van der Waals surface area contributed by atoms with Crippen LogP contribution in [0.5, 0.6) is 5.75 Å². The lowest BCUT2D eigenvalue weighted by atomic mass is 9.93. The molecule has 88 valence electrons. The molecule has 0 aromatic heterocycles. The fourth-order valence-electron chi connectivity index (χ4n) is 2.33. The molecule has 2 rings (SSSR count). The first-order valence-corrected chi connectivity index (χ1v) is 6.23. The standard InChI is InChI=1S/C14H21NO/c1-4-14-13-9-12(16-10(2)3)6-5-11(13)7-8-15-14/h5-6,9-10,14-15H,4,7-8H2,1-3H3. The molecule has 0 spiro atoms. The quantitative estimate of drug-likeness (QED) is 0.843. The molecular formula is C14H21NO. The summed E-state index contributed by atoms with van der Waals surface area (Å²) in [4.78, 5) is 0. The van der Waals surface area contributed by atoms with Gasteiger partial charge in [-0.1, -0.05) is 13.0 Å². The average Bonchev–Trinajstić information content (AvgIpc) is 2.27. The number of benzene rings is 1. The third-order valence-electron chi connectivity index (χ3n) is 3.06. The van der Waals surface area contributed by atoms with E-state index >= 15 is 0 Å². The second-order valence-corrected chi connectivity index (χ2v) is 4.69. The van der Waals surface area contributed by atoms with Crippen LogP contribution in [0, 0.1) is 0 Å². The molecule has 0 radical (unpaired) electrons. The number of nitrogens with one attached hydrogen (secondary N) is 1. The van der Waals surface area contributed by atoms with Gasteiger partial charge in [-0.3, -0.25) is 0 Å². The Morgan fingerprint density at radius 3 is 2.94 bits per heavy atom. The molecule has 0 saturated heterocycles. The van der Waals surface area contributed by atoms with Gasteiger partial charge in [0.25, 0.3) is 0 Å². The molecule has 16 heavy (non-hydrogen) atoms. The smallest absolute Gasteiger partial charge is 0.120 e. The molecule has 1 unspecified atom stereocenters. The molecule has 0 aliphatic carbocycles. The predicted molar refractivity (Wildman–Crippen MR) is 66.9 cm³/mol. The van der Waals surface area contributed by atoms with Crippen molar-refractivity contribution in [2.75, 3.05) is 6.54 Å². The maximum Gasteiger partial charge on any atom is 0.120 e. The highest BCUT2D eigenvalue weighted by Gasteiger charge is 2.18. The van der Waals surface area contributed by atoms with Crippen molar-refractivity contribution in [3.8, 4) is 5.75 Å². The molecule has 2 nitrogen and oxygen atoms in total. The molecule has 0 fully saturated rings. The molecule has 1 heterocycles. The van der Waals surface area contributed by atoms with Gasteiger partial charge in [0.15, 0.2) is 0 Å². The largest absolute Gasteiger partial charge is 0.491 e. The molecular weight excluding hydrogens is 198 g/mol. The summed E-state index contributed by atoms with van der Waals surface area (Å²) in [5.41, 5.74) is 2.90. The van der Waals surface area contributed by atoms with Gasteiger partial charge in [0.05, 0.1) is 6.10 Å². The van der Waals surface area contributed by atoms with Crippen LogP contribution in [-0.2, 0) is 6.42 Å². The Morgan fingerprint density at radius 1 is 1.44 bits per heavy atom. The van der Waals surface area contributed by atoms with Gasteiger partial charge in [-0.25, -0.2) is 0 Å². The van der Waals surface area contributed by atoms with Crippen LogP contribution in [0.3, 0.4) is 0 Å². The molecule has 1 aromatic rings. The third-order valence-corrected chi connectivity index (χ3v) is 3.06. The van der Waals surface area contributed by atoms with Crippen LogP contribution in [0.25, 0.3) is 0 Å². The van der Waals surface area contributed by atoms with Gasteiger partial charge in [0, 0.05) is 6.04 Å². The highest BCUT2D eigenvalue weighted by atomic mass is 16.5. The van der Waals surface area contributed by atoms with Crippen molar-refractivity contribution in [1.29, 1.82) is 0 Å². The van der Waals surface area contributed by atoms with Gasteiger partial charge in [-0.05, 0) is 56.5 Å². The maximum atomic E-state index is 5.75. The van der Waals surface area contributed by atoms with E-state index < -0.39 is 0 Å². The number of hydrogen-bond acceptors (Lipinski definition) is 2. The van der Waals surface area contributed by atoms with Crippen molar-refractivity contribution < 1.29 is 4.74 Å². The summed E-state index contributed by atoms with van der Waals surface area (Å²) in [7, 11) is 0. The highest BCUT2D eigenvalue weighted by Crippen LogP contribution is 2.29. The van der Waals surface area contributed by atoms with Crippen molar-refractivity contribution in [2.45, 2.75) is 45.8 Å². The van der Waals surface area contributed by atoms with Crippen LogP contribution < -0.4 is 10.1 Å². The fraction of sp³-hybridized carbons (Fsp3) is 0.571. The lowest BCUT2D eigenvalue weighted by Gasteiger charge is -2.26. The Labute approximate surface area is 98.0 Å². The Hall–Kier alpha value is -1.02. The molecule has 0 saturated carbocycles. The van der Waals surface area contributed by atoms with Crippen molar-refractivity contribution in [3.05, 3.63) is 29.3 Å². The minimum atomic E-state index is 0.245. The normalized spacial score (nSPS) is 19.6. The van der Waals surface area contributed by atoms with E-state index in [4.69, 9.17) is 4.74 Å². The first kappa shape index (κ1) is 11.5. The van der Waals surface area contributed by atoms with Gasteiger partial charge in [-0.2, -0.15) is 0 Å². The Bertz CT molecular complexity index is 360. The van der Waals surface area contributed by atoms with E-state index in [1.54, 1.807) is 0 Å². The number of rotatable bonds is 3. The van der Waals surface area contributed by atoms with Crippen molar-refractivity contribution >= 4 is 0 Å². The lowest BCUT2D eigenvalue weighted by molar-refractivity contribution is 0.241. The van der Waals surface area contributed by atoms with Crippen LogP contribution in [0.15, 0.2) is 18.2 Å². The van der Waals surface area contributed by atoms with E-state index in [0.717, 1.165) is 25.1 Å². The zero-order chi connectivity index (χ0) is 11.5. The van der Waals surface area contributed by atoms with Crippen molar-refractivity contribution in [2.24, 2.45) is 0 Å². The molecule has 0 bridgehead atoms. The monoisotopic (exact) mass is 219 g/mol. The molecule has 2 heteroatoms. The summed E-state index contributed by atoms with van der Waals surface area (Å²) in [5, 5.41) is 3.55. The molecule has 1 atom stereocenters. The molecule has 1 aromatic carbocycles. The van der Waals surface area contributed by atoms with Gasteiger partial charge in [0.2, 0.25) is 0 Å². The summed E-state index contributed by atoms with van der Waals surface area (Å²) < 4.78 is 5.75. The predicted octanol–water partition coefficient (Wildman–Crippen LogP) is 3.07. The topological polar surface area (TPSA) is 21.3 Å². The fourth-order valence-corrected chi connectivity index (χ4v) is 2.33. The van der Waals surface area contributed by atoms with Crippen LogP contribution in [0.2, 0.25) is 0 Å². The van der Waals surface area contributed by atoms with Gasteiger partial charge in [-0.15, -0.1) is 0 Å². The van der Waals surface area contributed by atoms with E-state index in [1.807, 2.05) is 0 Å². The zero-order valence-corrected chi connectivity index (χ0v) is 10.4. The van der Waals surface area contributed by atoms with Gasteiger partial charge in [0.1, 0.15) is 5.75 Å². The second kappa shape index (κ2) is 4.88. The number of fused-ring (bicyclic) bond motifs is 1. The van der Waals surface area contributed by atoms with E-state index in [0.29, 0.717) is 6.04 Å². The molecule has 0 amide bonds. The van der Waals surface area contributed by atoms with Gasteiger partial charge >= 0.3 is 0 Å². The minimum Gasteiger partial charge on any atom is -0.491 e. The first-order valence-electron chi connectivity index (χ1n) is 6.23. The van der Waals surface area contributed by atoms with Crippen LogP contribution in [0.4, 0.5) is 0 Å².